The SMILES string of the molecule is COc1cnc([C@@H](OC)[C@H](C)S(N)(=O)=O)cn1. The summed E-state index contributed by atoms with van der Waals surface area (Å²) in [4.78, 5) is 7.95. The quantitative estimate of drug-likeness (QED) is 0.790. The number of sulfonamides is 1. The lowest BCUT2D eigenvalue weighted by molar-refractivity contribution is 0.0982. The first-order valence-electron chi connectivity index (χ1n) is 4.80. The second kappa shape index (κ2) is 5.39. The van der Waals surface area contributed by atoms with Crippen LogP contribution >= 0.6 is 0 Å². The van der Waals surface area contributed by atoms with Gasteiger partial charge in [0.1, 0.15) is 11.4 Å². The molecule has 7 nitrogen and oxygen atoms in total. The summed E-state index contributed by atoms with van der Waals surface area (Å²) in [5, 5.41) is 4.16. The lowest BCUT2D eigenvalue weighted by atomic mass is 10.2. The monoisotopic (exact) mass is 261 g/mol. The molecule has 0 amide bonds. The molecule has 0 aliphatic rings. The Morgan fingerprint density at radius 2 is 1.94 bits per heavy atom. The number of primary sulfonamides is 1. The van der Waals surface area contributed by atoms with Crippen LogP contribution in [0.1, 0.15) is 18.7 Å². The molecule has 0 saturated carbocycles. The van der Waals surface area contributed by atoms with Crippen molar-refractivity contribution in [2.75, 3.05) is 14.2 Å². The van der Waals surface area contributed by atoms with Crippen molar-refractivity contribution in [3.8, 4) is 5.88 Å². The van der Waals surface area contributed by atoms with Gasteiger partial charge in [0.05, 0.1) is 25.2 Å². The van der Waals surface area contributed by atoms with Crippen LogP contribution in [0, 0.1) is 0 Å². The van der Waals surface area contributed by atoms with Crippen molar-refractivity contribution in [2.45, 2.75) is 18.3 Å². The largest absolute Gasteiger partial charge is 0.480 e. The Balaban J connectivity index is 3.01. The summed E-state index contributed by atoms with van der Waals surface area (Å²) < 4.78 is 32.5. The molecule has 1 aromatic rings. The number of rotatable bonds is 5. The molecule has 17 heavy (non-hydrogen) atoms. The van der Waals surface area contributed by atoms with E-state index in [0.717, 1.165) is 0 Å². The van der Waals surface area contributed by atoms with Crippen LogP contribution in [0.5, 0.6) is 5.88 Å². The minimum absolute atomic E-state index is 0.340. The molecular formula is C9H15N3O4S. The van der Waals surface area contributed by atoms with E-state index in [0.29, 0.717) is 11.6 Å². The fraction of sp³-hybridized carbons (Fsp3) is 0.556. The van der Waals surface area contributed by atoms with Crippen LogP contribution in [-0.4, -0.2) is 37.9 Å². The van der Waals surface area contributed by atoms with Crippen LogP contribution in [0.4, 0.5) is 0 Å². The molecule has 0 spiro atoms. The zero-order valence-corrected chi connectivity index (χ0v) is 10.6. The Morgan fingerprint density at radius 3 is 2.29 bits per heavy atom. The van der Waals surface area contributed by atoms with E-state index >= 15 is 0 Å². The van der Waals surface area contributed by atoms with Gasteiger partial charge in [0.2, 0.25) is 15.9 Å². The van der Waals surface area contributed by atoms with Gasteiger partial charge in [-0.15, -0.1) is 0 Å². The summed E-state index contributed by atoms with van der Waals surface area (Å²) in [5.74, 6) is 0.340. The molecule has 96 valence electrons. The molecule has 8 heteroatoms. The maximum Gasteiger partial charge on any atom is 0.231 e. The predicted molar refractivity (Wildman–Crippen MR) is 60.9 cm³/mol. The van der Waals surface area contributed by atoms with Crippen molar-refractivity contribution in [2.24, 2.45) is 5.14 Å². The number of nitrogens with zero attached hydrogens (tertiary/aromatic N) is 2. The second-order valence-corrected chi connectivity index (χ2v) is 5.36. The van der Waals surface area contributed by atoms with Crippen LogP contribution in [0.2, 0.25) is 0 Å². The lowest BCUT2D eigenvalue weighted by Gasteiger charge is -2.19. The highest BCUT2D eigenvalue weighted by Crippen LogP contribution is 2.22. The average Bonchev–Trinajstić information content (AvgIpc) is 2.29. The Morgan fingerprint density at radius 1 is 1.29 bits per heavy atom. The maximum absolute atomic E-state index is 11.3. The van der Waals surface area contributed by atoms with E-state index in [2.05, 4.69) is 9.97 Å². The highest BCUT2D eigenvalue weighted by Gasteiger charge is 2.29. The molecule has 0 aliphatic heterocycles. The topological polar surface area (TPSA) is 104 Å². The molecule has 0 radical (unpaired) electrons. The molecule has 0 unspecified atom stereocenters. The van der Waals surface area contributed by atoms with E-state index in [1.54, 1.807) is 0 Å². The van der Waals surface area contributed by atoms with Crippen molar-refractivity contribution in [3.63, 3.8) is 0 Å². The molecule has 1 aromatic heterocycles. The minimum Gasteiger partial charge on any atom is -0.480 e. The molecule has 0 bridgehead atoms. The molecule has 0 fully saturated rings. The van der Waals surface area contributed by atoms with Crippen LogP contribution < -0.4 is 9.88 Å². The summed E-state index contributed by atoms with van der Waals surface area (Å²) in [6, 6.07) is 0. The van der Waals surface area contributed by atoms with Crippen LogP contribution in [-0.2, 0) is 14.8 Å². The van der Waals surface area contributed by atoms with Crippen molar-refractivity contribution in [1.82, 2.24) is 9.97 Å². The van der Waals surface area contributed by atoms with Gasteiger partial charge < -0.3 is 9.47 Å². The lowest BCUT2D eigenvalue weighted by Crippen LogP contribution is -2.32. The second-order valence-electron chi connectivity index (χ2n) is 3.43. The van der Waals surface area contributed by atoms with E-state index in [1.165, 1.54) is 33.5 Å². The molecule has 0 aliphatic carbocycles. The van der Waals surface area contributed by atoms with Crippen molar-refractivity contribution >= 4 is 10.0 Å². The fourth-order valence-electron chi connectivity index (χ4n) is 1.30. The van der Waals surface area contributed by atoms with Gasteiger partial charge >= 0.3 is 0 Å². The third-order valence-electron chi connectivity index (χ3n) is 2.35. The Labute approximate surface area is 100 Å². The molecule has 1 heterocycles. The summed E-state index contributed by atoms with van der Waals surface area (Å²) in [6.07, 6.45) is 2.02. The van der Waals surface area contributed by atoms with E-state index in [1.807, 2.05) is 0 Å². The van der Waals surface area contributed by atoms with Gasteiger partial charge in [0.15, 0.2) is 0 Å². The van der Waals surface area contributed by atoms with E-state index in [-0.39, 0.29) is 0 Å². The molecule has 2 N–H and O–H groups in total. The number of aromatic nitrogens is 2. The molecular weight excluding hydrogens is 246 g/mol. The number of hydrogen-bond donors (Lipinski definition) is 1. The van der Waals surface area contributed by atoms with E-state index in [9.17, 15) is 8.42 Å². The van der Waals surface area contributed by atoms with Gasteiger partial charge in [-0.2, -0.15) is 0 Å². The number of hydrogen-bond acceptors (Lipinski definition) is 6. The van der Waals surface area contributed by atoms with Gasteiger partial charge in [-0.25, -0.2) is 18.5 Å². The maximum atomic E-state index is 11.3. The van der Waals surface area contributed by atoms with Crippen LogP contribution in [0.15, 0.2) is 12.4 Å². The zero-order valence-electron chi connectivity index (χ0n) is 9.82. The molecule has 0 saturated heterocycles. The smallest absolute Gasteiger partial charge is 0.231 e. The van der Waals surface area contributed by atoms with Crippen molar-refractivity contribution < 1.29 is 17.9 Å². The average molecular weight is 261 g/mol. The molecule has 2 atom stereocenters. The minimum atomic E-state index is -3.70. The summed E-state index contributed by atoms with van der Waals surface area (Å²) >= 11 is 0. The normalized spacial score (nSPS) is 15.3. The number of nitrogens with two attached hydrogens (primary N) is 1. The summed E-state index contributed by atoms with van der Waals surface area (Å²) in [7, 11) is -0.852. The predicted octanol–water partition coefficient (Wildman–Crippen LogP) is -0.150. The standard InChI is InChI=1S/C9H15N3O4S/c1-6(17(10,13)14)9(16-3)7-4-12-8(15-2)5-11-7/h4-6,9H,1-3H3,(H2,10,13,14)/t6-,9-/m0/s1. The first-order chi connectivity index (χ1) is 7.90. The third kappa shape index (κ3) is 3.35. The zero-order chi connectivity index (χ0) is 13.1. The van der Waals surface area contributed by atoms with Gasteiger partial charge in [-0.1, -0.05) is 0 Å². The fourth-order valence-corrected chi connectivity index (χ4v) is 1.90. The highest BCUT2D eigenvalue weighted by atomic mass is 32.2. The van der Waals surface area contributed by atoms with Crippen molar-refractivity contribution in [3.05, 3.63) is 18.1 Å². The van der Waals surface area contributed by atoms with Gasteiger partial charge in [0.25, 0.3) is 0 Å². The van der Waals surface area contributed by atoms with E-state index < -0.39 is 21.4 Å². The summed E-state index contributed by atoms with van der Waals surface area (Å²) in [6.45, 7) is 1.45. The highest BCUT2D eigenvalue weighted by molar-refractivity contribution is 7.89. The van der Waals surface area contributed by atoms with Crippen LogP contribution in [0.25, 0.3) is 0 Å². The van der Waals surface area contributed by atoms with Gasteiger partial charge in [-0.3, -0.25) is 4.98 Å². The third-order valence-corrected chi connectivity index (χ3v) is 3.63. The van der Waals surface area contributed by atoms with Gasteiger partial charge in [-0.05, 0) is 6.92 Å². The first kappa shape index (κ1) is 13.8. The van der Waals surface area contributed by atoms with Crippen molar-refractivity contribution in [1.29, 1.82) is 0 Å². The number of methoxy groups -OCH3 is 2. The Hall–Kier alpha value is -1.25. The van der Waals surface area contributed by atoms with Gasteiger partial charge in [0, 0.05) is 7.11 Å². The Bertz CT molecular complexity index is 460. The molecule has 0 aromatic carbocycles. The molecule has 1 rings (SSSR count). The summed E-state index contributed by atoms with van der Waals surface area (Å²) in [5.41, 5.74) is 0.384. The first-order valence-corrected chi connectivity index (χ1v) is 6.41. The van der Waals surface area contributed by atoms with E-state index in [4.69, 9.17) is 14.6 Å². The number of ether oxygens (including phenoxy) is 2. The Kier molecular flexibility index (Phi) is 4.38. The van der Waals surface area contributed by atoms with Crippen LogP contribution in [0.3, 0.4) is 0 Å².